The molecule has 0 spiro atoms. The van der Waals surface area contributed by atoms with E-state index >= 15 is 0 Å². The lowest BCUT2D eigenvalue weighted by Crippen LogP contribution is -2.34. The minimum atomic E-state index is -4.53. The van der Waals surface area contributed by atoms with Gasteiger partial charge in [-0.25, -0.2) is 18.1 Å². The topological polar surface area (TPSA) is 81.1 Å². The predicted molar refractivity (Wildman–Crippen MR) is 81.1 cm³/mol. The van der Waals surface area contributed by atoms with Crippen molar-refractivity contribution in [3.05, 3.63) is 27.6 Å². The van der Waals surface area contributed by atoms with Gasteiger partial charge in [0.1, 0.15) is 10.7 Å². The molecule has 0 saturated heterocycles. The summed E-state index contributed by atoms with van der Waals surface area (Å²) in [7, 11) is -4.05. The smallest absolute Gasteiger partial charge is 0.295 e. The van der Waals surface area contributed by atoms with Crippen molar-refractivity contribution < 1.29 is 21.6 Å². The Morgan fingerprint density at radius 3 is 2.74 bits per heavy atom. The van der Waals surface area contributed by atoms with Gasteiger partial charge in [-0.05, 0) is 18.4 Å². The molecular formula is C12H14F3N3O3S2. The van der Waals surface area contributed by atoms with Crippen molar-refractivity contribution in [1.82, 2.24) is 14.3 Å². The number of fused-ring (bicyclic) bond motifs is 1. The van der Waals surface area contributed by atoms with E-state index in [0.29, 0.717) is 16.0 Å². The molecule has 11 heteroatoms. The van der Waals surface area contributed by atoms with Crippen LogP contribution >= 0.6 is 11.3 Å². The summed E-state index contributed by atoms with van der Waals surface area (Å²) in [5.41, 5.74) is -0.303. The monoisotopic (exact) mass is 369 g/mol. The number of aryl methyl sites for hydroxylation is 1. The summed E-state index contributed by atoms with van der Waals surface area (Å²) in [4.78, 5) is 17.1. The third kappa shape index (κ3) is 4.75. The molecule has 0 aliphatic heterocycles. The Bertz CT molecular complexity index is 856. The fourth-order valence-electron chi connectivity index (χ4n) is 1.95. The Morgan fingerprint density at radius 1 is 1.39 bits per heavy atom. The number of aromatic nitrogens is 2. The second-order valence-corrected chi connectivity index (χ2v) is 7.65. The SMILES string of the molecule is Cc1nc2sccc2c(=O)n1CCNS(=O)(=O)CCC(F)(F)F. The summed E-state index contributed by atoms with van der Waals surface area (Å²) in [5.74, 6) is -0.619. The van der Waals surface area contributed by atoms with Crippen LogP contribution in [0.3, 0.4) is 0 Å². The number of nitrogens with one attached hydrogen (secondary N) is 1. The Hall–Kier alpha value is -1.46. The van der Waals surface area contributed by atoms with Crippen LogP contribution in [0.5, 0.6) is 0 Å². The Kier molecular flexibility index (Phi) is 5.11. The number of alkyl halides is 3. The van der Waals surface area contributed by atoms with E-state index in [1.54, 1.807) is 18.4 Å². The molecule has 0 bridgehead atoms. The molecule has 0 aromatic carbocycles. The van der Waals surface area contributed by atoms with Crippen molar-refractivity contribution in [2.24, 2.45) is 0 Å². The van der Waals surface area contributed by atoms with Crippen molar-refractivity contribution in [1.29, 1.82) is 0 Å². The summed E-state index contributed by atoms with van der Waals surface area (Å²) in [5, 5.41) is 2.16. The van der Waals surface area contributed by atoms with E-state index in [9.17, 15) is 26.4 Å². The van der Waals surface area contributed by atoms with Crippen LogP contribution in [0.2, 0.25) is 0 Å². The number of halogens is 3. The molecule has 0 fully saturated rings. The first-order chi connectivity index (χ1) is 10.6. The molecule has 2 rings (SSSR count). The summed E-state index contributed by atoms with van der Waals surface area (Å²) in [6, 6.07) is 1.62. The van der Waals surface area contributed by atoms with Crippen LogP contribution in [-0.4, -0.2) is 36.4 Å². The maximum Gasteiger partial charge on any atom is 0.390 e. The molecule has 2 aromatic heterocycles. The number of nitrogens with zero attached hydrogens (tertiary/aromatic N) is 2. The van der Waals surface area contributed by atoms with E-state index in [0.717, 1.165) is 0 Å². The van der Waals surface area contributed by atoms with E-state index in [1.807, 2.05) is 0 Å². The Labute approximate surface area is 134 Å². The molecule has 2 heterocycles. The van der Waals surface area contributed by atoms with Gasteiger partial charge in [-0.1, -0.05) is 0 Å². The first-order valence-corrected chi connectivity index (χ1v) is 9.11. The van der Waals surface area contributed by atoms with E-state index in [2.05, 4.69) is 9.71 Å². The van der Waals surface area contributed by atoms with Gasteiger partial charge in [0.05, 0.1) is 17.6 Å². The van der Waals surface area contributed by atoms with Gasteiger partial charge in [-0.2, -0.15) is 13.2 Å². The van der Waals surface area contributed by atoms with Gasteiger partial charge < -0.3 is 0 Å². The van der Waals surface area contributed by atoms with Crippen LogP contribution in [0.1, 0.15) is 12.2 Å². The fraction of sp³-hybridized carbons (Fsp3) is 0.500. The van der Waals surface area contributed by atoms with Crippen LogP contribution in [0, 0.1) is 6.92 Å². The largest absolute Gasteiger partial charge is 0.390 e. The fourth-order valence-corrected chi connectivity index (χ4v) is 3.80. The molecule has 0 atom stereocenters. The predicted octanol–water partition coefficient (Wildman–Crippen LogP) is 1.64. The molecule has 6 nitrogen and oxygen atoms in total. The standard InChI is InChI=1S/C12H14F3N3O3S2/c1-8-17-10-9(2-6-22-10)11(19)18(8)5-4-16-23(20,21)7-3-12(13,14)15/h2,6,16H,3-5,7H2,1H3. The van der Waals surface area contributed by atoms with Crippen LogP contribution in [0.25, 0.3) is 10.2 Å². The second kappa shape index (κ2) is 6.57. The van der Waals surface area contributed by atoms with Gasteiger partial charge in [0.2, 0.25) is 10.0 Å². The van der Waals surface area contributed by atoms with E-state index in [4.69, 9.17) is 0 Å². The lowest BCUT2D eigenvalue weighted by Gasteiger charge is -2.11. The molecule has 0 radical (unpaired) electrons. The highest BCUT2D eigenvalue weighted by Crippen LogP contribution is 2.19. The van der Waals surface area contributed by atoms with E-state index in [-0.39, 0.29) is 18.6 Å². The van der Waals surface area contributed by atoms with Crippen LogP contribution in [0.15, 0.2) is 16.2 Å². The highest BCUT2D eigenvalue weighted by Gasteiger charge is 2.29. The first kappa shape index (κ1) is 17.9. The molecule has 0 saturated carbocycles. The molecule has 0 aliphatic rings. The number of sulfonamides is 1. The third-order valence-electron chi connectivity index (χ3n) is 3.09. The Morgan fingerprint density at radius 2 is 2.09 bits per heavy atom. The zero-order chi connectivity index (χ0) is 17.3. The van der Waals surface area contributed by atoms with Crippen molar-refractivity contribution >= 4 is 31.6 Å². The van der Waals surface area contributed by atoms with Gasteiger partial charge in [0, 0.05) is 13.1 Å². The first-order valence-electron chi connectivity index (χ1n) is 6.58. The number of hydrogen-bond donors (Lipinski definition) is 1. The summed E-state index contributed by atoms with van der Waals surface area (Å²) >= 11 is 1.32. The lowest BCUT2D eigenvalue weighted by molar-refractivity contribution is -0.129. The number of hydrogen-bond acceptors (Lipinski definition) is 5. The molecule has 0 aliphatic carbocycles. The molecule has 2 aromatic rings. The zero-order valence-electron chi connectivity index (χ0n) is 12.1. The Balaban J connectivity index is 2.03. The average molecular weight is 369 g/mol. The molecule has 0 amide bonds. The molecular weight excluding hydrogens is 355 g/mol. The normalized spacial score (nSPS) is 12.9. The molecule has 0 unspecified atom stereocenters. The lowest BCUT2D eigenvalue weighted by atomic mass is 10.4. The quantitative estimate of drug-likeness (QED) is 0.839. The van der Waals surface area contributed by atoms with Crippen molar-refractivity contribution in [2.75, 3.05) is 12.3 Å². The van der Waals surface area contributed by atoms with Gasteiger partial charge >= 0.3 is 6.18 Å². The molecule has 1 N–H and O–H groups in total. The van der Waals surface area contributed by atoms with Crippen molar-refractivity contribution in [3.8, 4) is 0 Å². The van der Waals surface area contributed by atoms with Crippen molar-refractivity contribution in [3.63, 3.8) is 0 Å². The van der Waals surface area contributed by atoms with Gasteiger partial charge in [-0.3, -0.25) is 9.36 Å². The zero-order valence-corrected chi connectivity index (χ0v) is 13.7. The van der Waals surface area contributed by atoms with Gasteiger partial charge in [0.15, 0.2) is 0 Å². The highest BCUT2D eigenvalue weighted by atomic mass is 32.2. The molecule has 128 valence electrons. The summed E-state index contributed by atoms with van der Waals surface area (Å²) < 4.78 is 62.5. The van der Waals surface area contributed by atoms with Crippen LogP contribution in [0.4, 0.5) is 13.2 Å². The third-order valence-corrected chi connectivity index (χ3v) is 5.28. The minimum absolute atomic E-state index is 0.00526. The van der Waals surface area contributed by atoms with E-state index in [1.165, 1.54) is 15.9 Å². The molecule has 23 heavy (non-hydrogen) atoms. The maximum absolute atomic E-state index is 12.2. The number of thiophene rings is 1. The van der Waals surface area contributed by atoms with Gasteiger partial charge in [0.25, 0.3) is 5.56 Å². The average Bonchev–Trinajstić information content (AvgIpc) is 2.88. The van der Waals surface area contributed by atoms with Crippen molar-refractivity contribution in [2.45, 2.75) is 26.1 Å². The highest BCUT2D eigenvalue weighted by molar-refractivity contribution is 7.89. The van der Waals surface area contributed by atoms with Crippen LogP contribution < -0.4 is 10.3 Å². The van der Waals surface area contributed by atoms with Crippen LogP contribution in [-0.2, 0) is 16.6 Å². The number of rotatable bonds is 6. The summed E-state index contributed by atoms with van der Waals surface area (Å²) in [6.45, 7) is 1.42. The maximum atomic E-state index is 12.2. The second-order valence-electron chi connectivity index (χ2n) is 4.83. The van der Waals surface area contributed by atoms with Gasteiger partial charge in [-0.15, -0.1) is 11.3 Å². The van der Waals surface area contributed by atoms with E-state index < -0.39 is 28.4 Å². The minimum Gasteiger partial charge on any atom is -0.295 e. The summed E-state index contributed by atoms with van der Waals surface area (Å²) in [6.07, 6.45) is -5.94.